The monoisotopic (exact) mass is 455 g/mol. The van der Waals surface area contributed by atoms with Gasteiger partial charge in [0, 0.05) is 12.6 Å². The van der Waals surface area contributed by atoms with Crippen LogP contribution >= 0.6 is 0 Å². The van der Waals surface area contributed by atoms with Gasteiger partial charge in [-0.15, -0.1) is 5.54 Å². The second-order valence-electron chi connectivity index (χ2n) is 9.16. The van der Waals surface area contributed by atoms with Crippen molar-refractivity contribution in [1.29, 1.82) is 0 Å². The fourth-order valence-electron chi connectivity index (χ4n) is 2.84. The Bertz CT molecular complexity index is 1030. The van der Waals surface area contributed by atoms with Gasteiger partial charge >= 0.3 is 0 Å². The molecule has 0 amide bonds. The lowest BCUT2D eigenvalue weighted by molar-refractivity contribution is 0.514. The maximum atomic E-state index is 13.2. The van der Waals surface area contributed by atoms with Crippen LogP contribution < -0.4 is 5.19 Å². The van der Waals surface area contributed by atoms with Crippen LogP contribution in [0.3, 0.4) is 0 Å². The van der Waals surface area contributed by atoms with Crippen molar-refractivity contribution in [2.45, 2.75) is 51.0 Å². The van der Waals surface area contributed by atoms with Gasteiger partial charge in [-0.3, -0.25) is 0 Å². The van der Waals surface area contributed by atoms with Gasteiger partial charge in [0.15, 0.2) is 0 Å². The molecule has 0 saturated carbocycles. The number of benzene rings is 2. The molecule has 0 aliphatic rings. The Hall–Kier alpha value is -2.08. The highest BCUT2D eigenvalue weighted by Crippen LogP contribution is 2.17. The molecule has 30 heavy (non-hydrogen) atoms. The van der Waals surface area contributed by atoms with E-state index < -0.39 is 26.2 Å². The Morgan fingerprint density at radius 3 is 2.10 bits per heavy atom. The van der Waals surface area contributed by atoms with Crippen molar-refractivity contribution in [1.82, 2.24) is 4.31 Å². The van der Waals surface area contributed by atoms with Gasteiger partial charge in [-0.1, -0.05) is 97.7 Å². The quantitative estimate of drug-likeness (QED) is 0.337. The van der Waals surface area contributed by atoms with Crippen LogP contribution in [0.1, 0.15) is 12.0 Å². The van der Waals surface area contributed by atoms with Crippen molar-refractivity contribution in [2.24, 2.45) is 0 Å². The lowest BCUT2D eigenvalue weighted by atomic mass is 10.2. The average molecular weight is 456 g/mol. The first-order chi connectivity index (χ1) is 13.9. The third-order valence-electron chi connectivity index (χ3n) is 4.72. The van der Waals surface area contributed by atoms with Crippen LogP contribution in [0.2, 0.25) is 32.7 Å². The third-order valence-corrected chi connectivity index (χ3v) is 10.2. The molecule has 160 valence electrons. The van der Waals surface area contributed by atoms with Crippen LogP contribution in [0.25, 0.3) is 0 Å². The minimum Gasteiger partial charge on any atom is -0.225 e. The van der Waals surface area contributed by atoms with Gasteiger partial charge in [0.25, 0.3) is 10.0 Å². The largest absolute Gasteiger partial charge is 0.270 e. The molecule has 6 heteroatoms. The van der Waals surface area contributed by atoms with E-state index in [-0.39, 0.29) is 0 Å². The predicted octanol–water partition coefficient (Wildman–Crippen LogP) is 4.93. The molecule has 0 aromatic heterocycles. The van der Waals surface area contributed by atoms with E-state index in [1.807, 2.05) is 25.1 Å². The Kier molecular flexibility index (Phi) is 7.92. The molecular formula is C24H33NO2SSi2. The van der Waals surface area contributed by atoms with Crippen LogP contribution in [-0.4, -0.2) is 35.4 Å². The number of sulfonamides is 1. The lowest BCUT2D eigenvalue weighted by Gasteiger charge is -2.20. The van der Waals surface area contributed by atoms with Crippen molar-refractivity contribution < 1.29 is 8.42 Å². The summed E-state index contributed by atoms with van der Waals surface area (Å²) in [6, 6.07) is 20.5. The summed E-state index contributed by atoms with van der Waals surface area (Å²) in [7, 11) is -7.05. The van der Waals surface area contributed by atoms with Gasteiger partial charge in [0.1, 0.15) is 16.1 Å². The summed E-state index contributed by atoms with van der Waals surface area (Å²) in [4.78, 5) is 0.293. The first-order valence-electron chi connectivity index (χ1n) is 10.3. The molecule has 3 nitrogen and oxygen atoms in total. The molecule has 0 atom stereocenters. The van der Waals surface area contributed by atoms with E-state index in [0.29, 0.717) is 17.9 Å². The molecule has 0 aliphatic heterocycles. The van der Waals surface area contributed by atoms with Gasteiger partial charge in [-0.25, -0.2) is 12.7 Å². The molecule has 0 fully saturated rings. The third kappa shape index (κ3) is 7.01. The SMILES string of the molecule is Cc1ccc(S(=O)(=O)N(C#C[Si](C)(C)C)CC/C=C\[Si](C)(C)c2ccccc2)cc1. The lowest BCUT2D eigenvalue weighted by Crippen LogP contribution is -2.39. The Labute approximate surface area is 184 Å². The highest BCUT2D eigenvalue weighted by atomic mass is 32.2. The summed E-state index contributed by atoms with van der Waals surface area (Å²) in [5, 5.41) is 1.36. The zero-order valence-electron chi connectivity index (χ0n) is 18.9. The summed E-state index contributed by atoms with van der Waals surface area (Å²) >= 11 is 0. The molecule has 2 aromatic carbocycles. The van der Waals surface area contributed by atoms with E-state index in [1.54, 1.807) is 12.1 Å². The molecule has 0 bridgehead atoms. The molecule has 0 N–H and O–H groups in total. The topological polar surface area (TPSA) is 37.4 Å². The molecule has 2 aromatic rings. The number of hydrogen-bond acceptors (Lipinski definition) is 2. The fraction of sp³-hybridized carbons (Fsp3) is 0.333. The van der Waals surface area contributed by atoms with Crippen molar-refractivity contribution in [3.8, 4) is 11.6 Å². The summed E-state index contributed by atoms with van der Waals surface area (Å²) in [5.74, 6) is 0. The minimum absolute atomic E-state index is 0.293. The van der Waals surface area contributed by atoms with Crippen LogP contribution in [0.4, 0.5) is 0 Å². The summed E-state index contributed by atoms with van der Waals surface area (Å²) in [5.41, 5.74) is 6.53. The number of hydrogen-bond donors (Lipinski definition) is 0. The highest BCUT2D eigenvalue weighted by Gasteiger charge is 2.23. The normalized spacial score (nSPS) is 12.5. The maximum absolute atomic E-state index is 13.2. The molecule has 2 rings (SSSR count). The van der Waals surface area contributed by atoms with Gasteiger partial charge in [-0.05, 0) is 25.5 Å². The van der Waals surface area contributed by atoms with E-state index in [9.17, 15) is 8.42 Å². The van der Waals surface area contributed by atoms with Crippen LogP contribution in [-0.2, 0) is 10.0 Å². The van der Waals surface area contributed by atoms with Gasteiger partial charge in [-0.2, -0.15) is 0 Å². The maximum Gasteiger partial charge on any atom is 0.270 e. The smallest absolute Gasteiger partial charge is 0.225 e. The molecule has 0 heterocycles. The Morgan fingerprint density at radius 2 is 1.53 bits per heavy atom. The van der Waals surface area contributed by atoms with E-state index in [1.165, 1.54) is 9.49 Å². The zero-order valence-corrected chi connectivity index (χ0v) is 21.8. The number of aryl methyl sites for hydroxylation is 1. The van der Waals surface area contributed by atoms with Crippen LogP contribution in [0.15, 0.2) is 71.3 Å². The average Bonchev–Trinajstić information content (AvgIpc) is 2.67. The molecule has 0 spiro atoms. The number of nitrogens with zero attached hydrogens (tertiary/aromatic N) is 1. The van der Waals surface area contributed by atoms with E-state index >= 15 is 0 Å². The van der Waals surface area contributed by atoms with Crippen LogP contribution in [0, 0.1) is 18.5 Å². The first kappa shape index (κ1) is 24.2. The van der Waals surface area contributed by atoms with Crippen LogP contribution in [0.5, 0.6) is 0 Å². The summed E-state index contributed by atoms with van der Waals surface area (Å²) in [6.07, 6.45) is 2.75. The van der Waals surface area contributed by atoms with Gasteiger partial charge < -0.3 is 0 Å². The minimum atomic E-state index is -3.65. The number of rotatable bonds is 7. The second kappa shape index (κ2) is 9.82. The van der Waals surface area contributed by atoms with E-state index in [0.717, 1.165) is 5.56 Å². The highest BCUT2D eigenvalue weighted by molar-refractivity contribution is 7.89. The predicted molar refractivity (Wildman–Crippen MR) is 134 cm³/mol. The van der Waals surface area contributed by atoms with E-state index in [2.05, 4.69) is 80.4 Å². The van der Waals surface area contributed by atoms with Crippen molar-refractivity contribution in [2.75, 3.05) is 6.54 Å². The molecular weight excluding hydrogens is 423 g/mol. The van der Waals surface area contributed by atoms with Crippen molar-refractivity contribution in [3.05, 3.63) is 71.9 Å². The first-order valence-corrected chi connectivity index (χ1v) is 18.3. The second-order valence-corrected chi connectivity index (χ2v) is 20.1. The summed E-state index contributed by atoms with van der Waals surface area (Å²) < 4.78 is 27.7. The zero-order chi connectivity index (χ0) is 22.4. The van der Waals surface area contributed by atoms with Gasteiger partial charge in [0.2, 0.25) is 0 Å². The van der Waals surface area contributed by atoms with E-state index in [4.69, 9.17) is 0 Å². The molecule has 0 unspecified atom stereocenters. The molecule has 0 aliphatic carbocycles. The van der Waals surface area contributed by atoms with Gasteiger partial charge in [0.05, 0.1) is 4.90 Å². The summed E-state index contributed by atoms with van der Waals surface area (Å²) in [6.45, 7) is 13.2. The standard InChI is InChI=1S/C24H33NO2SSi2/c1-22-14-16-23(17-15-22)28(26,27)25(19-21-29(2,3)4)18-10-11-20-30(5,6)24-12-8-7-9-13-24/h7-9,11-17,20H,10,18H2,1-6H3/b20-11-. The molecule has 0 saturated heterocycles. The fourth-order valence-corrected chi connectivity index (χ4v) is 6.63. The van der Waals surface area contributed by atoms with Crippen molar-refractivity contribution in [3.63, 3.8) is 0 Å². The molecule has 0 radical (unpaired) electrons. The van der Waals surface area contributed by atoms with Crippen molar-refractivity contribution >= 4 is 31.4 Å². The Balaban J connectivity index is 2.22. The Morgan fingerprint density at radius 1 is 0.933 bits per heavy atom.